The summed E-state index contributed by atoms with van der Waals surface area (Å²) in [5.74, 6) is 0. The molecule has 1 aliphatic heterocycles. The van der Waals surface area contributed by atoms with Gasteiger partial charge in [0.2, 0.25) is 0 Å². The smallest absolute Gasteiger partial charge is 0.110 e. The number of morpholine rings is 1. The van der Waals surface area contributed by atoms with Gasteiger partial charge in [-0.1, -0.05) is 65.2 Å². The first-order chi connectivity index (χ1) is 10.1. The van der Waals surface area contributed by atoms with Crippen LogP contribution in [0.2, 0.25) is 0 Å². The van der Waals surface area contributed by atoms with Crippen molar-refractivity contribution in [1.82, 2.24) is 4.90 Å². The Labute approximate surface area is 134 Å². The molecule has 1 unspecified atom stereocenters. The van der Waals surface area contributed by atoms with Crippen molar-refractivity contribution in [3.8, 4) is 0 Å². The van der Waals surface area contributed by atoms with E-state index in [1.807, 2.05) is 0 Å². The molecule has 0 aromatic rings. The van der Waals surface area contributed by atoms with Gasteiger partial charge in [0, 0.05) is 24.6 Å². The predicted molar refractivity (Wildman–Crippen MR) is 93.0 cm³/mol. The summed E-state index contributed by atoms with van der Waals surface area (Å²) in [6, 6.07) is -0.0932. The van der Waals surface area contributed by atoms with E-state index in [0.29, 0.717) is 5.54 Å². The maximum atomic E-state index is 6.01. The summed E-state index contributed by atoms with van der Waals surface area (Å²) in [7, 11) is 6.01. The average molecular weight is 293 g/mol. The molecule has 0 bridgehead atoms. The molecule has 1 fully saturated rings. The van der Waals surface area contributed by atoms with Gasteiger partial charge in [-0.25, -0.2) is 0 Å². The lowest BCUT2D eigenvalue weighted by molar-refractivity contribution is -0.0410. The van der Waals surface area contributed by atoms with E-state index in [1.165, 1.54) is 64.2 Å². The van der Waals surface area contributed by atoms with Gasteiger partial charge in [-0.2, -0.15) is 0 Å². The zero-order chi connectivity index (χ0) is 15.6. The van der Waals surface area contributed by atoms with Crippen molar-refractivity contribution in [1.29, 1.82) is 0 Å². The number of nitrogens with zero attached hydrogens (tertiary/aromatic N) is 1. The summed E-state index contributed by atoms with van der Waals surface area (Å²) in [4.78, 5) is 2.61. The van der Waals surface area contributed by atoms with Crippen LogP contribution >= 0.6 is 0 Å². The fraction of sp³-hybridized carbons (Fsp3) is 1.00. The summed E-state index contributed by atoms with van der Waals surface area (Å²) in [6.45, 7) is 9.77. The second kappa shape index (κ2) is 10.7. The molecule has 1 heterocycles. The molecule has 1 atom stereocenters. The molecule has 1 saturated heterocycles. The maximum absolute atomic E-state index is 6.01. The van der Waals surface area contributed by atoms with Crippen LogP contribution in [0.4, 0.5) is 0 Å². The van der Waals surface area contributed by atoms with Gasteiger partial charge in [-0.15, -0.1) is 0 Å². The first-order valence-electron chi connectivity index (χ1n) is 9.24. The number of hydrogen-bond acceptors (Lipinski definition) is 2. The summed E-state index contributed by atoms with van der Waals surface area (Å²) in [5.41, 5.74) is 0.322. The minimum atomic E-state index is -0.0932. The number of rotatable bonds is 11. The fourth-order valence-corrected chi connectivity index (χ4v) is 3.47. The van der Waals surface area contributed by atoms with E-state index < -0.39 is 0 Å². The molecule has 1 rings (SSSR count). The molecule has 21 heavy (non-hydrogen) atoms. The lowest BCUT2D eigenvalue weighted by Crippen LogP contribution is -2.54. The second-order valence-electron chi connectivity index (χ2n) is 6.97. The van der Waals surface area contributed by atoms with E-state index in [-0.39, 0.29) is 6.00 Å². The van der Waals surface area contributed by atoms with Crippen LogP contribution in [-0.4, -0.2) is 44.0 Å². The van der Waals surface area contributed by atoms with Crippen LogP contribution in [0.5, 0.6) is 0 Å². The highest BCUT2D eigenvalue weighted by molar-refractivity contribution is 6.11. The van der Waals surface area contributed by atoms with Crippen molar-refractivity contribution in [2.24, 2.45) is 0 Å². The monoisotopic (exact) mass is 293 g/mol. The molecule has 0 N–H and O–H groups in total. The largest absolute Gasteiger partial charge is 0.385 e. The minimum Gasteiger partial charge on any atom is -0.385 e. The van der Waals surface area contributed by atoms with Gasteiger partial charge in [0.25, 0.3) is 0 Å². The van der Waals surface area contributed by atoms with Gasteiger partial charge < -0.3 is 4.74 Å². The molecule has 0 aliphatic carbocycles. The van der Waals surface area contributed by atoms with Crippen LogP contribution in [0.3, 0.4) is 0 Å². The van der Waals surface area contributed by atoms with Crippen LogP contribution in [0.1, 0.15) is 85.0 Å². The summed E-state index contributed by atoms with van der Waals surface area (Å²) in [5, 5.41) is 0. The van der Waals surface area contributed by atoms with Crippen LogP contribution in [-0.2, 0) is 4.74 Å². The molecule has 0 amide bonds. The quantitative estimate of drug-likeness (QED) is 0.410. The van der Waals surface area contributed by atoms with E-state index in [9.17, 15) is 0 Å². The van der Waals surface area contributed by atoms with Gasteiger partial charge in [0.15, 0.2) is 0 Å². The molecule has 2 radical (unpaired) electrons. The normalized spacial score (nSPS) is 20.8. The standard InChI is InChI=1S/C18H36BNO/c1-4-6-8-10-12-18(3,13-11-9-7-5-2)20-14-15-21-17(19)16-20/h17H,4-16H2,1-3H3. The topological polar surface area (TPSA) is 12.5 Å². The molecule has 3 heteroatoms. The van der Waals surface area contributed by atoms with Gasteiger partial charge >= 0.3 is 0 Å². The lowest BCUT2D eigenvalue weighted by atomic mass is 9.84. The van der Waals surface area contributed by atoms with Gasteiger partial charge in [-0.05, 0) is 19.8 Å². The molecule has 0 saturated carbocycles. The molecule has 0 aromatic heterocycles. The van der Waals surface area contributed by atoms with E-state index >= 15 is 0 Å². The van der Waals surface area contributed by atoms with Gasteiger partial charge in [0.05, 0.1) is 6.61 Å². The first-order valence-corrected chi connectivity index (χ1v) is 9.24. The van der Waals surface area contributed by atoms with Crippen molar-refractivity contribution in [2.75, 3.05) is 19.7 Å². The number of ether oxygens (including phenoxy) is 1. The molecule has 122 valence electrons. The Balaban J connectivity index is 2.49. The fourth-order valence-electron chi connectivity index (χ4n) is 3.47. The Hall–Kier alpha value is -0.0151. The van der Waals surface area contributed by atoms with Crippen LogP contribution in [0.25, 0.3) is 0 Å². The molecule has 1 aliphatic rings. The third-order valence-electron chi connectivity index (χ3n) is 4.99. The minimum absolute atomic E-state index is 0.0932. The predicted octanol–water partition coefficient (Wildman–Crippen LogP) is 4.51. The third-order valence-corrected chi connectivity index (χ3v) is 4.99. The number of unbranched alkanes of at least 4 members (excludes halogenated alkanes) is 6. The van der Waals surface area contributed by atoms with Crippen LogP contribution in [0.15, 0.2) is 0 Å². The second-order valence-corrected chi connectivity index (χ2v) is 6.97. The highest BCUT2D eigenvalue weighted by Crippen LogP contribution is 2.30. The Bertz CT molecular complexity index is 248. The highest BCUT2D eigenvalue weighted by atomic mass is 16.5. The van der Waals surface area contributed by atoms with E-state index in [1.54, 1.807) is 0 Å². The van der Waals surface area contributed by atoms with Crippen molar-refractivity contribution in [3.05, 3.63) is 0 Å². The van der Waals surface area contributed by atoms with Gasteiger partial charge in [-0.3, -0.25) is 4.90 Å². The third kappa shape index (κ3) is 7.19. The van der Waals surface area contributed by atoms with Crippen molar-refractivity contribution in [3.63, 3.8) is 0 Å². The van der Waals surface area contributed by atoms with E-state index in [4.69, 9.17) is 12.6 Å². The zero-order valence-corrected chi connectivity index (χ0v) is 14.7. The van der Waals surface area contributed by atoms with E-state index in [2.05, 4.69) is 25.7 Å². The van der Waals surface area contributed by atoms with E-state index in [0.717, 1.165) is 19.7 Å². The Morgan fingerprint density at radius 3 is 2.05 bits per heavy atom. The number of hydrogen-bond donors (Lipinski definition) is 0. The first kappa shape index (κ1) is 19.0. The Kier molecular flexibility index (Phi) is 9.67. The summed E-state index contributed by atoms with van der Waals surface area (Å²) >= 11 is 0. The maximum Gasteiger partial charge on any atom is 0.110 e. The van der Waals surface area contributed by atoms with Crippen LogP contribution in [0, 0.1) is 0 Å². The lowest BCUT2D eigenvalue weighted by Gasteiger charge is -2.46. The molecular formula is C18H36BNO. The van der Waals surface area contributed by atoms with Crippen molar-refractivity contribution >= 4 is 7.85 Å². The molecule has 0 aromatic carbocycles. The van der Waals surface area contributed by atoms with Crippen molar-refractivity contribution in [2.45, 2.75) is 96.5 Å². The molecular weight excluding hydrogens is 257 g/mol. The molecule has 2 nitrogen and oxygen atoms in total. The van der Waals surface area contributed by atoms with Crippen LogP contribution < -0.4 is 0 Å². The summed E-state index contributed by atoms with van der Waals surface area (Å²) in [6.07, 6.45) is 13.4. The molecule has 0 spiro atoms. The SMILES string of the molecule is [B]C1CN(C(C)(CCCCCC)CCCCCC)CCO1. The highest BCUT2D eigenvalue weighted by Gasteiger charge is 2.33. The zero-order valence-electron chi connectivity index (χ0n) is 14.7. The van der Waals surface area contributed by atoms with Crippen molar-refractivity contribution < 1.29 is 4.74 Å². The summed E-state index contributed by atoms with van der Waals surface area (Å²) < 4.78 is 5.53. The average Bonchev–Trinajstić information content (AvgIpc) is 2.48. The Morgan fingerprint density at radius 1 is 1.00 bits per heavy atom. The Morgan fingerprint density at radius 2 is 1.57 bits per heavy atom. The van der Waals surface area contributed by atoms with Gasteiger partial charge in [0.1, 0.15) is 7.85 Å².